The first-order chi connectivity index (χ1) is 5.00. The maximum Gasteiger partial charge on any atom is 0.108 e. The summed E-state index contributed by atoms with van der Waals surface area (Å²) in [6, 6.07) is 0. The summed E-state index contributed by atoms with van der Waals surface area (Å²) >= 11 is 0. The van der Waals surface area contributed by atoms with E-state index in [1.165, 1.54) is 5.57 Å². The molecule has 0 saturated carbocycles. The van der Waals surface area contributed by atoms with Gasteiger partial charge in [-0.25, -0.2) is 4.39 Å². The molecule has 1 aliphatic carbocycles. The third-order valence-corrected chi connectivity index (χ3v) is 2.61. The number of allylic oxidation sites excluding steroid dienone is 2. The largest absolute Gasteiger partial charge is 0.244 e. The Morgan fingerprint density at radius 2 is 2.18 bits per heavy atom. The zero-order chi connectivity index (χ0) is 8.48. The predicted octanol–water partition coefficient (Wildman–Crippen LogP) is 3.48. The minimum absolute atomic E-state index is 0.242. The fourth-order valence-electron chi connectivity index (χ4n) is 1.59. The quantitative estimate of drug-likeness (QED) is 0.510. The van der Waals surface area contributed by atoms with E-state index in [4.69, 9.17) is 0 Å². The topological polar surface area (TPSA) is 0 Å². The molecule has 0 aromatic carbocycles. The summed E-state index contributed by atoms with van der Waals surface area (Å²) in [5.41, 5.74) is 0.433. The summed E-state index contributed by atoms with van der Waals surface area (Å²) in [5.74, 6) is 0.242. The summed E-state index contributed by atoms with van der Waals surface area (Å²) in [6.07, 6.45) is 5.20. The lowest BCUT2D eigenvalue weighted by atomic mass is 9.81. The molecule has 0 aliphatic heterocycles. The minimum Gasteiger partial charge on any atom is -0.244 e. The molecule has 0 spiro atoms. The molecule has 0 nitrogen and oxygen atoms in total. The summed E-state index contributed by atoms with van der Waals surface area (Å²) in [7, 11) is 0. The van der Waals surface area contributed by atoms with Crippen molar-refractivity contribution in [2.75, 3.05) is 0 Å². The zero-order valence-corrected chi connectivity index (χ0v) is 7.65. The Labute approximate surface area is 68.5 Å². The van der Waals surface area contributed by atoms with Gasteiger partial charge < -0.3 is 0 Å². The van der Waals surface area contributed by atoms with Gasteiger partial charge in [-0.05, 0) is 46.0 Å². The summed E-state index contributed by atoms with van der Waals surface area (Å²) in [6.45, 7) is 5.50. The van der Waals surface area contributed by atoms with E-state index >= 15 is 0 Å². The van der Waals surface area contributed by atoms with Crippen LogP contribution in [0.5, 0.6) is 0 Å². The van der Waals surface area contributed by atoms with Gasteiger partial charge in [0.15, 0.2) is 0 Å². The summed E-state index contributed by atoms with van der Waals surface area (Å²) in [4.78, 5) is 0. The van der Waals surface area contributed by atoms with Crippen molar-refractivity contribution >= 4 is 0 Å². The van der Waals surface area contributed by atoms with Gasteiger partial charge in [-0.3, -0.25) is 0 Å². The van der Waals surface area contributed by atoms with Crippen molar-refractivity contribution in [1.82, 2.24) is 0 Å². The second kappa shape index (κ2) is 2.96. The van der Waals surface area contributed by atoms with Crippen LogP contribution in [-0.2, 0) is 0 Å². The van der Waals surface area contributed by atoms with Gasteiger partial charge in [0.05, 0.1) is 0 Å². The monoisotopic (exact) mass is 156 g/mol. The van der Waals surface area contributed by atoms with Gasteiger partial charge in [0.1, 0.15) is 5.67 Å². The Kier molecular flexibility index (Phi) is 2.36. The molecule has 0 N–H and O–H groups in total. The van der Waals surface area contributed by atoms with E-state index < -0.39 is 5.67 Å². The van der Waals surface area contributed by atoms with Crippen molar-refractivity contribution in [1.29, 1.82) is 0 Å². The highest BCUT2D eigenvalue weighted by atomic mass is 19.1. The Balaban J connectivity index is 2.54. The van der Waals surface area contributed by atoms with Gasteiger partial charge in [-0.1, -0.05) is 11.6 Å². The van der Waals surface area contributed by atoms with Crippen LogP contribution in [0, 0.1) is 5.92 Å². The van der Waals surface area contributed by atoms with Crippen LogP contribution in [0.4, 0.5) is 4.39 Å². The van der Waals surface area contributed by atoms with Crippen LogP contribution in [0.1, 0.15) is 40.0 Å². The number of hydrogen-bond acceptors (Lipinski definition) is 0. The molecular weight excluding hydrogens is 139 g/mol. The molecule has 0 aromatic rings. The zero-order valence-electron chi connectivity index (χ0n) is 7.65. The van der Waals surface area contributed by atoms with Gasteiger partial charge in [0.25, 0.3) is 0 Å². The standard InChI is InChI=1S/C10H17F/c1-8-4-6-9(7-5-8)10(2,3)11/h4,9H,5-7H2,1-3H3. The third kappa shape index (κ3) is 2.32. The maximum atomic E-state index is 13.4. The second-order valence-electron chi connectivity index (χ2n) is 4.09. The van der Waals surface area contributed by atoms with Crippen LogP contribution >= 0.6 is 0 Å². The first kappa shape index (κ1) is 8.76. The van der Waals surface area contributed by atoms with Crippen LogP contribution in [0.3, 0.4) is 0 Å². The van der Waals surface area contributed by atoms with E-state index in [-0.39, 0.29) is 5.92 Å². The van der Waals surface area contributed by atoms with Crippen molar-refractivity contribution in [3.63, 3.8) is 0 Å². The molecule has 0 heterocycles. The lowest BCUT2D eigenvalue weighted by Crippen LogP contribution is -2.26. The van der Waals surface area contributed by atoms with Gasteiger partial charge in [-0.2, -0.15) is 0 Å². The minimum atomic E-state index is -0.989. The molecule has 11 heavy (non-hydrogen) atoms. The molecule has 1 atom stereocenters. The molecule has 1 unspecified atom stereocenters. The van der Waals surface area contributed by atoms with E-state index in [1.807, 2.05) is 0 Å². The van der Waals surface area contributed by atoms with Crippen LogP contribution in [0.25, 0.3) is 0 Å². The van der Waals surface area contributed by atoms with Gasteiger partial charge in [0, 0.05) is 0 Å². The Morgan fingerprint density at radius 1 is 1.55 bits per heavy atom. The number of halogens is 1. The van der Waals surface area contributed by atoms with Crippen molar-refractivity contribution in [3.8, 4) is 0 Å². The fourth-order valence-corrected chi connectivity index (χ4v) is 1.59. The van der Waals surface area contributed by atoms with Gasteiger partial charge >= 0.3 is 0 Å². The first-order valence-corrected chi connectivity index (χ1v) is 4.34. The second-order valence-corrected chi connectivity index (χ2v) is 4.09. The van der Waals surface area contributed by atoms with Gasteiger partial charge in [-0.15, -0.1) is 0 Å². The lowest BCUT2D eigenvalue weighted by molar-refractivity contribution is 0.115. The average Bonchev–Trinajstić information content (AvgIpc) is 1.86. The fraction of sp³-hybridized carbons (Fsp3) is 0.800. The lowest BCUT2D eigenvalue weighted by Gasteiger charge is -2.29. The third-order valence-electron chi connectivity index (χ3n) is 2.61. The van der Waals surface area contributed by atoms with Crippen molar-refractivity contribution < 1.29 is 4.39 Å². The molecule has 1 rings (SSSR count). The first-order valence-electron chi connectivity index (χ1n) is 4.34. The molecule has 0 bridgehead atoms. The molecular formula is C10H17F. The molecule has 0 amide bonds. The van der Waals surface area contributed by atoms with E-state index in [0.29, 0.717) is 0 Å². The van der Waals surface area contributed by atoms with Crippen LogP contribution in [0.15, 0.2) is 11.6 Å². The highest BCUT2D eigenvalue weighted by Crippen LogP contribution is 2.33. The SMILES string of the molecule is CC1=CCC(C(C)(C)F)CC1. The Hall–Kier alpha value is -0.330. The summed E-state index contributed by atoms with van der Waals surface area (Å²) < 4.78 is 13.4. The highest BCUT2D eigenvalue weighted by molar-refractivity contribution is 5.05. The van der Waals surface area contributed by atoms with Crippen molar-refractivity contribution in [3.05, 3.63) is 11.6 Å². The van der Waals surface area contributed by atoms with E-state index in [9.17, 15) is 4.39 Å². The van der Waals surface area contributed by atoms with Crippen molar-refractivity contribution in [2.24, 2.45) is 5.92 Å². The maximum absolute atomic E-state index is 13.4. The van der Waals surface area contributed by atoms with Gasteiger partial charge in [0.2, 0.25) is 0 Å². The van der Waals surface area contributed by atoms with Crippen LogP contribution in [-0.4, -0.2) is 5.67 Å². The Bertz CT molecular complexity index is 162. The molecule has 0 saturated heterocycles. The summed E-state index contributed by atoms with van der Waals surface area (Å²) in [5, 5.41) is 0. The molecule has 0 radical (unpaired) electrons. The van der Waals surface area contributed by atoms with E-state index in [0.717, 1.165) is 19.3 Å². The van der Waals surface area contributed by atoms with Crippen molar-refractivity contribution in [2.45, 2.75) is 45.7 Å². The van der Waals surface area contributed by atoms with Crippen LogP contribution < -0.4 is 0 Å². The molecule has 0 fully saturated rings. The van der Waals surface area contributed by atoms with E-state index in [2.05, 4.69) is 13.0 Å². The molecule has 1 aliphatic rings. The number of hydrogen-bond donors (Lipinski definition) is 0. The predicted molar refractivity (Wildman–Crippen MR) is 46.3 cm³/mol. The normalized spacial score (nSPS) is 26.5. The Morgan fingerprint density at radius 3 is 2.55 bits per heavy atom. The van der Waals surface area contributed by atoms with Crippen LogP contribution in [0.2, 0.25) is 0 Å². The average molecular weight is 156 g/mol. The highest BCUT2D eigenvalue weighted by Gasteiger charge is 2.29. The van der Waals surface area contributed by atoms with E-state index in [1.54, 1.807) is 13.8 Å². The number of alkyl halides is 1. The molecule has 0 aromatic heterocycles. The smallest absolute Gasteiger partial charge is 0.108 e. The number of rotatable bonds is 1. The molecule has 1 heteroatoms. The molecule has 64 valence electrons.